The Kier molecular flexibility index (Phi) is 8.49. The van der Waals surface area contributed by atoms with Crippen molar-refractivity contribution in [1.82, 2.24) is 15.3 Å². The van der Waals surface area contributed by atoms with Crippen molar-refractivity contribution in [2.75, 3.05) is 19.6 Å². The number of alkyl halides is 6. The number of hydrogen-bond acceptors (Lipinski definition) is 3. The lowest BCUT2D eigenvalue weighted by molar-refractivity contribution is -0.182. The molecule has 1 atom stereocenters. The van der Waals surface area contributed by atoms with Gasteiger partial charge in [-0.1, -0.05) is 6.07 Å². The fourth-order valence-corrected chi connectivity index (χ4v) is 5.68. The number of benzene rings is 2. The highest BCUT2D eigenvalue weighted by molar-refractivity contribution is 5.89. The van der Waals surface area contributed by atoms with Crippen LogP contribution < -0.4 is 5.32 Å². The van der Waals surface area contributed by atoms with Crippen molar-refractivity contribution in [3.05, 3.63) is 70.0 Å². The average molecular weight is 574 g/mol. The maximum absolute atomic E-state index is 14.0. The van der Waals surface area contributed by atoms with Gasteiger partial charge in [0.25, 0.3) is 0 Å². The van der Waals surface area contributed by atoms with Gasteiger partial charge >= 0.3 is 12.4 Å². The van der Waals surface area contributed by atoms with Gasteiger partial charge in [-0.3, -0.25) is 14.6 Å². The monoisotopic (exact) mass is 573 g/mol. The summed E-state index contributed by atoms with van der Waals surface area (Å²) < 4.78 is 93.7. The molecule has 218 valence electrons. The van der Waals surface area contributed by atoms with E-state index in [2.05, 4.69) is 5.32 Å². The first-order valence-electron chi connectivity index (χ1n) is 13.1. The Balaban J connectivity index is 1.66. The molecule has 0 bridgehead atoms. The Hall–Kier alpha value is -3.15. The summed E-state index contributed by atoms with van der Waals surface area (Å²) in [5.41, 5.74) is -3.52. The van der Waals surface area contributed by atoms with Crippen LogP contribution in [-0.4, -0.2) is 41.5 Å². The summed E-state index contributed by atoms with van der Waals surface area (Å²) in [7, 11) is 0. The number of hydrogen-bond donors (Lipinski definition) is 1. The van der Waals surface area contributed by atoms with Gasteiger partial charge in [-0.05, 0) is 92.5 Å². The molecule has 5 nitrogen and oxygen atoms in total. The largest absolute Gasteiger partial charge is 0.416 e. The van der Waals surface area contributed by atoms with Gasteiger partial charge in [-0.15, -0.1) is 0 Å². The van der Waals surface area contributed by atoms with Crippen molar-refractivity contribution in [3.63, 3.8) is 0 Å². The van der Waals surface area contributed by atoms with Gasteiger partial charge in [-0.2, -0.15) is 31.4 Å². The van der Waals surface area contributed by atoms with Crippen molar-refractivity contribution >= 4 is 11.8 Å². The Morgan fingerprint density at radius 3 is 2.17 bits per heavy atom. The fourth-order valence-electron chi connectivity index (χ4n) is 5.68. The number of carbonyl (C=O) groups excluding carboxylic acids is 2. The van der Waals surface area contributed by atoms with Crippen LogP contribution in [-0.2, 0) is 33.9 Å². The molecule has 2 heterocycles. The van der Waals surface area contributed by atoms with Crippen LogP contribution in [0.3, 0.4) is 0 Å². The number of hydrazine groups is 1. The molecule has 12 heteroatoms. The van der Waals surface area contributed by atoms with Gasteiger partial charge in [-0.25, -0.2) is 4.39 Å². The van der Waals surface area contributed by atoms with Crippen LogP contribution in [0.1, 0.15) is 66.3 Å². The minimum absolute atomic E-state index is 0.0594. The molecule has 4 rings (SSSR count). The van der Waals surface area contributed by atoms with E-state index in [9.17, 15) is 40.3 Å². The third kappa shape index (κ3) is 6.11. The van der Waals surface area contributed by atoms with Gasteiger partial charge in [0.2, 0.25) is 11.8 Å². The van der Waals surface area contributed by atoms with Gasteiger partial charge in [0.05, 0.1) is 11.1 Å². The van der Waals surface area contributed by atoms with Crippen molar-refractivity contribution in [3.8, 4) is 0 Å². The Morgan fingerprint density at radius 1 is 0.925 bits per heavy atom. The topological polar surface area (TPSA) is 52.7 Å². The van der Waals surface area contributed by atoms with E-state index in [0.29, 0.717) is 55.6 Å². The van der Waals surface area contributed by atoms with E-state index in [1.165, 1.54) is 18.2 Å². The molecule has 0 aliphatic carbocycles. The number of aryl methyl sites for hydroxylation is 1. The third-order valence-electron chi connectivity index (χ3n) is 7.55. The van der Waals surface area contributed by atoms with Gasteiger partial charge in [0.1, 0.15) is 11.4 Å². The zero-order valence-electron chi connectivity index (χ0n) is 21.9. The molecule has 2 amide bonds. The third-order valence-corrected chi connectivity index (χ3v) is 7.55. The Bertz CT molecular complexity index is 1230. The summed E-state index contributed by atoms with van der Waals surface area (Å²) in [5.74, 6) is -1.20. The quantitative estimate of drug-likeness (QED) is 0.423. The first-order chi connectivity index (χ1) is 18.7. The molecule has 2 aromatic rings. The first kappa shape index (κ1) is 29.8. The average Bonchev–Trinajstić information content (AvgIpc) is 2.88. The van der Waals surface area contributed by atoms with Gasteiger partial charge < -0.3 is 5.32 Å². The molecular formula is C28H30F7N3O2. The van der Waals surface area contributed by atoms with Crippen molar-refractivity contribution in [1.29, 1.82) is 0 Å². The maximum atomic E-state index is 14.0. The van der Waals surface area contributed by atoms with E-state index in [4.69, 9.17) is 0 Å². The number of carbonyl (C=O) groups is 2. The molecule has 0 spiro atoms. The molecule has 40 heavy (non-hydrogen) atoms. The minimum Gasteiger partial charge on any atom is -0.354 e. The summed E-state index contributed by atoms with van der Waals surface area (Å²) in [6.07, 6.45) is -6.88. The Morgan fingerprint density at radius 2 is 1.57 bits per heavy atom. The van der Waals surface area contributed by atoms with Crippen LogP contribution in [0.25, 0.3) is 0 Å². The number of halogens is 7. The lowest BCUT2D eigenvalue weighted by Gasteiger charge is -2.52. The SMILES string of the molecule is Cc1cc(F)ccc1C1(C(=O)NCCc2cc(C(F)(F)F)cc(C(F)(F)F)c2)CCCCN1N1CCCCC1=O. The first-order valence-corrected chi connectivity index (χ1v) is 13.1. The predicted molar refractivity (Wildman–Crippen MR) is 132 cm³/mol. The second-order valence-electron chi connectivity index (χ2n) is 10.3. The van der Waals surface area contributed by atoms with Crippen molar-refractivity contribution < 1.29 is 40.3 Å². The zero-order chi connectivity index (χ0) is 29.3. The maximum Gasteiger partial charge on any atom is 0.416 e. The molecule has 1 unspecified atom stereocenters. The molecule has 2 aromatic carbocycles. The van der Waals surface area contributed by atoms with Crippen molar-refractivity contribution in [2.45, 2.75) is 69.8 Å². The Labute approximate surface area is 227 Å². The van der Waals surface area contributed by atoms with Gasteiger partial charge in [0, 0.05) is 26.1 Å². The predicted octanol–water partition coefficient (Wildman–Crippen LogP) is 6.14. The van der Waals surface area contributed by atoms with Crippen LogP contribution in [0.15, 0.2) is 36.4 Å². The number of amides is 2. The fraction of sp³-hybridized carbons (Fsp3) is 0.500. The highest BCUT2D eigenvalue weighted by Crippen LogP contribution is 2.42. The van der Waals surface area contributed by atoms with E-state index >= 15 is 0 Å². The normalized spacial score (nSPS) is 21.0. The second-order valence-corrected chi connectivity index (χ2v) is 10.3. The standard InChI is InChI=1S/C28H30F7N3O2/c1-18-14-22(29)7-8-23(18)26(10-3-5-13-38(26)37-12-4-2-6-24(37)39)25(40)36-11-9-19-15-20(27(30,31)32)17-21(16-19)28(33,34)35/h7-8,14-17H,2-6,9-13H2,1H3,(H,36,40). The van der Waals surface area contributed by atoms with E-state index in [1.54, 1.807) is 16.9 Å². The molecule has 2 aliphatic heterocycles. The molecular weight excluding hydrogens is 543 g/mol. The van der Waals surface area contributed by atoms with Crippen LogP contribution in [0.2, 0.25) is 0 Å². The summed E-state index contributed by atoms with van der Waals surface area (Å²) in [6, 6.07) is 5.35. The molecule has 0 radical (unpaired) electrons. The van der Waals surface area contributed by atoms with Crippen LogP contribution in [0.4, 0.5) is 30.7 Å². The molecule has 0 saturated carbocycles. The lowest BCUT2D eigenvalue weighted by atomic mass is 9.78. The number of piperidine rings is 2. The molecule has 2 fully saturated rings. The summed E-state index contributed by atoms with van der Waals surface area (Å²) in [6.45, 7) is 2.18. The second kappa shape index (κ2) is 11.4. The van der Waals surface area contributed by atoms with E-state index in [0.717, 1.165) is 12.8 Å². The minimum atomic E-state index is -4.98. The van der Waals surface area contributed by atoms with Crippen LogP contribution >= 0.6 is 0 Å². The number of nitrogens with zero attached hydrogens (tertiary/aromatic N) is 2. The smallest absolute Gasteiger partial charge is 0.354 e. The molecule has 2 aliphatic rings. The number of nitrogens with one attached hydrogen (secondary N) is 1. The van der Waals surface area contributed by atoms with E-state index < -0.39 is 40.7 Å². The summed E-state index contributed by atoms with van der Waals surface area (Å²) in [5, 5.41) is 5.99. The summed E-state index contributed by atoms with van der Waals surface area (Å²) >= 11 is 0. The lowest BCUT2D eigenvalue weighted by Crippen LogP contribution is -2.66. The zero-order valence-corrected chi connectivity index (χ0v) is 21.9. The van der Waals surface area contributed by atoms with Crippen molar-refractivity contribution in [2.24, 2.45) is 0 Å². The summed E-state index contributed by atoms with van der Waals surface area (Å²) in [4.78, 5) is 26.9. The van der Waals surface area contributed by atoms with Crippen LogP contribution in [0.5, 0.6) is 0 Å². The highest BCUT2D eigenvalue weighted by Gasteiger charge is 2.51. The van der Waals surface area contributed by atoms with E-state index in [-0.39, 0.29) is 36.9 Å². The van der Waals surface area contributed by atoms with E-state index in [1.807, 2.05) is 0 Å². The molecule has 0 aromatic heterocycles. The molecule has 1 N–H and O–H groups in total. The van der Waals surface area contributed by atoms with Crippen LogP contribution in [0, 0.1) is 12.7 Å². The van der Waals surface area contributed by atoms with Gasteiger partial charge in [0.15, 0.2) is 0 Å². The molecule has 2 saturated heterocycles. The number of rotatable bonds is 6. The highest BCUT2D eigenvalue weighted by atomic mass is 19.4.